The SMILES string of the molecule is CSC(=O)N[C@H](C(=O)N1CCC[C@H]1c1ncc(-c2ccc([C@@H]3C[C@H]4CC=C3CCC3=C[C@@H](c5ccc(-c6cnc([C@@H]7CCCN7C(=O)[C@@H](NC(=O)SC)C(C)C)[nH]6)cc5)[C@H](CC3)CC4)cc2)[nH]1)C(C)C. The van der Waals surface area contributed by atoms with Crippen LogP contribution < -0.4 is 10.6 Å². The van der Waals surface area contributed by atoms with Gasteiger partial charge in [-0.3, -0.25) is 19.2 Å². The van der Waals surface area contributed by atoms with E-state index in [4.69, 9.17) is 9.97 Å². The zero-order valence-electron chi connectivity index (χ0n) is 41.8. The Morgan fingerprint density at radius 2 is 1.19 bits per heavy atom. The average molecular weight is 985 g/mol. The Balaban J connectivity index is 0.845. The highest BCUT2D eigenvalue weighted by atomic mass is 32.2. The van der Waals surface area contributed by atoms with Gasteiger partial charge in [-0.15, -0.1) is 0 Å². The molecule has 1 saturated carbocycles. The predicted octanol–water partition coefficient (Wildman–Crippen LogP) is 12.1. The van der Waals surface area contributed by atoms with Gasteiger partial charge in [0.15, 0.2) is 0 Å². The second-order valence-electron chi connectivity index (χ2n) is 21.1. The summed E-state index contributed by atoms with van der Waals surface area (Å²) in [6.45, 7) is 9.21. The molecule has 4 amide bonds. The number of aromatic amines is 2. The highest BCUT2D eigenvalue weighted by molar-refractivity contribution is 8.13. The van der Waals surface area contributed by atoms with Crippen molar-refractivity contribution < 1.29 is 19.2 Å². The number of benzene rings is 2. The summed E-state index contributed by atoms with van der Waals surface area (Å²) in [6.07, 6.45) is 25.4. The zero-order valence-corrected chi connectivity index (χ0v) is 43.5. The quantitative estimate of drug-likeness (QED) is 0.102. The van der Waals surface area contributed by atoms with Gasteiger partial charge in [0.05, 0.1) is 35.9 Å². The normalized spacial score (nSPS) is 24.5. The Hall–Kier alpha value is -5.08. The van der Waals surface area contributed by atoms with E-state index in [2.05, 4.69) is 81.3 Å². The van der Waals surface area contributed by atoms with Crippen LogP contribution in [0.2, 0.25) is 0 Å². The molecule has 372 valence electrons. The first-order chi connectivity index (χ1) is 33.9. The standard InChI is InChI=1S/C56H72N8O4S2/c1-33(2)49(61-55(67)69-5)53(65)63-27-7-9-47(63)51-57-31-45(59-51)41-23-19-39(20-24-41)43-29-35-11-15-37(43)17-13-36-12-16-38(18-14-35)44(30-36)40-21-25-42(26-22-40)46-32-58-52(60-46)48-10-8-28-64(48)54(66)50(34(3)4)62-56(68)70-6/h15,19-26,30-35,38,43-44,47-50H,7-14,16-18,27-29H2,1-6H3,(H,57,59)(H,58,60)(H,61,67)(H,62,68)/t35-,38+,43+,44+,47-,48-,49-,50-/m0/s1. The monoisotopic (exact) mass is 985 g/mol. The van der Waals surface area contributed by atoms with E-state index in [0.717, 1.165) is 96.2 Å². The van der Waals surface area contributed by atoms with Crippen LogP contribution in [0.1, 0.15) is 151 Å². The number of amides is 4. The van der Waals surface area contributed by atoms with Gasteiger partial charge in [-0.25, -0.2) is 9.97 Å². The van der Waals surface area contributed by atoms with Gasteiger partial charge in [0.2, 0.25) is 11.8 Å². The van der Waals surface area contributed by atoms with Crippen molar-refractivity contribution in [2.24, 2.45) is 23.7 Å². The fourth-order valence-corrected chi connectivity index (χ4v) is 12.5. The molecule has 2 saturated heterocycles. The molecule has 2 aromatic carbocycles. The summed E-state index contributed by atoms with van der Waals surface area (Å²) in [4.78, 5) is 72.6. The number of nitrogens with one attached hydrogen (secondary N) is 4. The van der Waals surface area contributed by atoms with E-state index in [9.17, 15) is 19.2 Å². The fourth-order valence-electron chi connectivity index (χ4n) is 12.1. The van der Waals surface area contributed by atoms with Gasteiger partial charge in [0.25, 0.3) is 10.5 Å². The van der Waals surface area contributed by atoms with Gasteiger partial charge >= 0.3 is 0 Å². The van der Waals surface area contributed by atoms with E-state index in [1.165, 1.54) is 49.7 Å². The molecule has 8 aliphatic rings. The van der Waals surface area contributed by atoms with Crippen LogP contribution in [0.3, 0.4) is 0 Å². The number of carbonyl (C=O) groups is 4. The van der Waals surface area contributed by atoms with Crippen LogP contribution in [0.15, 0.2) is 84.2 Å². The van der Waals surface area contributed by atoms with Gasteiger partial charge in [-0.05, 0) is 135 Å². The summed E-state index contributed by atoms with van der Waals surface area (Å²) in [5, 5.41) is 5.48. The highest BCUT2D eigenvalue weighted by Crippen LogP contribution is 2.47. The largest absolute Gasteiger partial charge is 0.340 e. The molecule has 0 unspecified atom stereocenters. The first-order valence-electron chi connectivity index (χ1n) is 25.9. The molecule has 14 heteroatoms. The summed E-state index contributed by atoms with van der Waals surface area (Å²) in [5.41, 5.74) is 10.0. The third-order valence-corrected chi connectivity index (χ3v) is 17.1. The molecule has 4 bridgehead atoms. The molecule has 4 N–H and O–H groups in total. The summed E-state index contributed by atoms with van der Waals surface area (Å²) in [5.74, 6) is 3.58. The fraction of sp³-hybridized carbons (Fsp3) is 0.536. The summed E-state index contributed by atoms with van der Waals surface area (Å²) < 4.78 is 0. The molecular weight excluding hydrogens is 913 g/mol. The van der Waals surface area contributed by atoms with Crippen LogP contribution in [-0.4, -0.2) is 89.7 Å². The molecule has 4 aromatic rings. The molecule has 4 heterocycles. The topological polar surface area (TPSA) is 156 Å². The number of imidazole rings is 2. The lowest BCUT2D eigenvalue weighted by atomic mass is 9.69. The summed E-state index contributed by atoms with van der Waals surface area (Å²) >= 11 is 2.19. The molecule has 2 aromatic heterocycles. The number of likely N-dealkylation sites (tertiary alicyclic amines) is 2. The van der Waals surface area contributed by atoms with Gasteiger partial charge in [-0.2, -0.15) is 0 Å². The molecule has 12 rings (SSSR count). The molecule has 0 spiro atoms. The van der Waals surface area contributed by atoms with Crippen molar-refractivity contribution in [2.75, 3.05) is 25.6 Å². The minimum atomic E-state index is -0.565. The Morgan fingerprint density at radius 3 is 1.70 bits per heavy atom. The van der Waals surface area contributed by atoms with Crippen molar-refractivity contribution in [3.63, 3.8) is 0 Å². The first-order valence-corrected chi connectivity index (χ1v) is 28.3. The van der Waals surface area contributed by atoms with Crippen molar-refractivity contribution in [3.05, 3.63) is 107 Å². The van der Waals surface area contributed by atoms with Crippen LogP contribution in [0.25, 0.3) is 22.5 Å². The molecule has 70 heavy (non-hydrogen) atoms. The Labute approximate surface area is 422 Å². The molecule has 12 nitrogen and oxygen atoms in total. The smallest absolute Gasteiger partial charge is 0.279 e. The maximum Gasteiger partial charge on any atom is 0.279 e. The Morgan fingerprint density at radius 1 is 0.657 bits per heavy atom. The average Bonchev–Trinajstić information content (AvgIpc) is 4.23. The van der Waals surface area contributed by atoms with Crippen molar-refractivity contribution in [2.45, 2.75) is 141 Å². The summed E-state index contributed by atoms with van der Waals surface area (Å²) in [7, 11) is 0. The van der Waals surface area contributed by atoms with Crippen LogP contribution >= 0.6 is 23.5 Å². The lowest BCUT2D eigenvalue weighted by Gasteiger charge is -2.36. The van der Waals surface area contributed by atoms with Crippen molar-refractivity contribution >= 4 is 45.8 Å². The maximum absolute atomic E-state index is 13.8. The number of rotatable bonds is 12. The zero-order chi connectivity index (χ0) is 49.1. The van der Waals surface area contributed by atoms with E-state index >= 15 is 0 Å². The van der Waals surface area contributed by atoms with E-state index in [0.29, 0.717) is 36.8 Å². The maximum atomic E-state index is 13.8. The predicted molar refractivity (Wildman–Crippen MR) is 282 cm³/mol. The van der Waals surface area contributed by atoms with Crippen LogP contribution in [0, 0.1) is 23.7 Å². The first kappa shape index (κ1) is 49.9. The van der Waals surface area contributed by atoms with Crippen LogP contribution in [0.5, 0.6) is 0 Å². The third kappa shape index (κ3) is 10.9. The van der Waals surface area contributed by atoms with E-state index in [1.54, 1.807) is 23.7 Å². The van der Waals surface area contributed by atoms with Gasteiger partial charge in [0.1, 0.15) is 23.7 Å². The lowest BCUT2D eigenvalue weighted by Crippen LogP contribution is -2.50. The number of H-pyrrole nitrogens is 2. The van der Waals surface area contributed by atoms with Gasteiger partial charge in [-0.1, -0.05) is 123 Å². The van der Waals surface area contributed by atoms with E-state index in [-0.39, 0.29) is 46.2 Å². The second kappa shape index (κ2) is 22.1. The molecule has 8 atom stereocenters. The van der Waals surface area contributed by atoms with Gasteiger partial charge < -0.3 is 30.4 Å². The molecular formula is C56H72N8O4S2. The van der Waals surface area contributed by atoms with Crippen molar-refractivity contribution in [1.29, 1.82) is 0 Å². The molecule has 6 aliphatic carbocycles. The lowest BCUT2D eigenvalue weighted by molar-refractivity contribution is -0.136. The van der Waals surface area contributed by atoms with E-state index in [1.807, 2.05) is 49.9 Å². The number of carbonyl (C=O) groups excluding carboxylic acids is 4. The number of allylic oxidation sites excluding steroid dienone is 4. The van der Waals surface area contributed by atoms with E-state index < -0.39 is 12.1 Å². The van der Waals surface area contributed by atoms with Gasteiger partial charge in [0, 0.05) is 24.9 Å². The van der Waals surface area contributed by atoms with Crippen LogP contribution in [-0.2, 0) is 9.59 Å². The van der Waals surface area contributed by atoms with Crippen molar-refractivity contribution in [1.82, 2.24) is 40.4 Å². The highest BCUT2D eigenvalue weighted by Gasteiger charge is 2.39. The number of thioether (sulfide) groups is 2. The van der Waals surface area contributed by atoms with Crippen LogP contribution in [0.4, 0.5) is 9.59 Å². The number of aromatic nitrogens is 4. The molecule has 3 fully saturated rings. The summed E-state index contributed by atoms with van der Waals surface area (Å²) in [6, 6.07) is 16.8. The number of nitrogens with zero attached hydrogens (tertiary/aromatic N) is 4. The second-order valence-corrected chi connectivity index (χ2v) is 22.7. The molecule has 0 radical (unpaired) electrons. The number of hydrogen-bond acceptors (Lipinski definition) is 8. The Bertz CT molecular complexity index is 2560. The third-order valence-electron chi connectivity index (χ3n) is 16.1. The van der Waals surface area contributed by atoms with Crippen molar-refractivity contribution in [3.8, 4) is 22.5 Å². The minimum absolute atomic E-state index is 0.0217. The molecule has 2 aliphatic heterocycles. The Kier molecular flexibility index (Phi) is 15.8. The minimum Gasteiger partial charge on any atom is -0.340 e. The number of hydrogen-bond donors (Lipinski definition) is 4.